The SMILES string of the molecule is O=c1[nH]cnc2cc(NCC3CCSC3)c([N+](=O)[O-])cc12. The number of H-pyrrole nitrogens is 1. The Bertz CT molecular complexity index is 740. The van der Waals surface area contributed by atoms with Crippen LogP contribution in [0.25, 0.3) is 10.9 Å². The maximum Gasteiger partial charge on any atom is 0.293 e. The third-order valence-corrected chi connectivity index (χ3v) is 4.79. The molecule has 3 rings (SSSR count). The second-order valence-electron chi connectivity index (χ2n) is 4.99. The van der Waals surface area contributed by atoms with E-state index >= 15 is 0 Å². The number of aromatic amines is 1. The quantitative estimate of drug-likeness (QED) is 0.662. The minimum atomic E-state index is -0.475. The molecule has 1 fully saturated rings. The van der Waals surface area contributed by atoms with Gasteiger partial charge in [-0.2, -0.15) is 11.8 Å². The van der Waals surface area contributed by atoms with E-state index in [4.69, 9.17) is 0 Å². The van der Waals surface area contributed by atoms with Crippen molar-refractivity contribution in [2.24, 2.45) is 5.92 Å². The lowest BCUT2D eigenvalue weighted by Crippen LogP contribution is -2.15. The van der Waals surface area contributed by atoms with Crippen molar-refractivity contribution in [3.8, 4) is 0 Å². The van der Waals surface area contributed by atoms with E-state index in [0.29, 0.717) is 23.7 Å². The van der Waals surface area contributed by atoms with Crippen LogP contribution in [0.3, 0.4) is 0 Å². The molecule has 1 aromatic carbocycles. The van der Waals surface area contributed by atoms with Crippen LogP contribution in [0.2, 0.25) is 0 Å². The summed E-state index contributed by atoms with van der Waals surface area (Å²) in [6.45, 7) is 0.697. The highest BCUT2D eigenvalue weighted by Gasteiger charge is 2.20. The molecule has 0 radical (unpaired) electrons. The number of hydrogen-bond donors (Lipinski definition) is 2. The minimum Gasteiger partial charge on any atom is -0.379 e. The summed E-state index contributed by atoms with van der Waals surface area (Å²) in [5.74, 6) is 2.74. The topological polar surface area (TPSA) is 101 Å². The van der Waals surface area contributed by atoms with Crippen molar-refractivity contribution in [1.29, 1.82) is 0 Å². The normalized spacial score (nSPS) is 18.0. The van der Waals surface area contributed by atoms with Gasteiger partial charge in [-0.3, -0.25) is 14.9 Å². The number of fused-ring (bicyclic) bond motifs is 1. The molecule has 21 heavy (non-hydrogen) atoms. The number of nitro benzene ring substituents is 1. The standard InChI is InChI=1S/C13H14N4O3S/c18-13-9-3-12(17(19)20)11(4-10(9)15-7-16-13)14-5-8-1-2-21-6-8/h3-4,7-8,14H,1-2,5-6H2,(H,15,16,18). The Balaban J connectivity index is 1.97. The highest BCUT2D eigenvalue weighted by Crippen LogP contribution is 2.29. The lowest BCUT2D eigenvalue weighted by atomic mass is 10.1. The molecule has 1 aromatic heterocycles. The van der Waals surface area contributed by atoms with Crippen molar-refractivity contribution in [2.45, 2.75) is 6.42 Å². The Labute approximate surface area is 124 Å². The van der Waals surface area contributed by atoms with Crippen molar-refractivity contribution >= 4 is 34.0 Å². The second-order valence-corrected chi connectivity index (χ2v) is 6.14. The van der Waals surface area contributed by atoms with Gasteiger partial charge in [-0.05, 0) is 29.9 Å². The maximum absolute atomic E-state index is 11.7. The molecule has 2 heterocycles. The van der Waals surface area contributed by atoms with Gasteiger partial charge in [-0.15, -0.1) is 0 Å². The largest absolute Gasteiger partial charge is 0.379 e. The van der Waals surface area contributed by atoms with Crippen LogP contribution in [-0.2, 0) is 0 Å². The third kappa shape index (κ3) is 2.85. The Morgan fingerprint density at radius 2 is 2.38 bits per heavy atom. The zero-order chi connectivity index (χ0) is 14.8. The van der Waals surface area contributed by atoms with Crippen LogP contribution >= 0.6 is 11.8 Å². The zero-order valence-electron chi connectivity index (χ0n) is 11.2. The van der Waals surface area contributed by atoms with Crippen molar-refractivity contribution in [3.05, 3.63) is 38.9 Å². The Morgan fingerprint density at radius 3 is 3.10 bits per heavy atom. The van der Waals surface area contributed by atoms with E-state index in [1.54, 1.807) is 6.07 Å². The molecule has 0 aliphatic carbocycles. The van der Waals surface area contributed by atoms with Crippen LogP contribution in [0, 0.1) is 16.0 Å². The average Bonchev–Trinajstić information content (AvgIpc) is 2.97. The monoisotopic (exact) mass is 306 g/mol. The molecule has 8 heteroatoms. The summed E-state index contributed by atoms with van der Waals surface area (Å²) >= 11 is 1.90. The average molecular weight is 306 g/mol. The van der Waals surface area contributed by atoms with Crippen LogP contribution in [0.4, 0.5) is 11.4 Å². The van der Waals surface area contributed by atoms with Gasteiger partial charge in [0.25, 0.3) is 11.2 Å². The molecule has 0 bridgehead atoms. The van der Waals surface area contributed by atoms with Gasteiger partial charge in [-0.25, -0.2) is 4.98 Å². The third-order valence-electron chi connectivity index (χ3n) is 3.56. The predicted octanol–water partition coefficient (Wildman–Crippen LogP) is 2.00. The highest BCUT2D eigenvalue weighted by molar-refractivity contribution is 7.99. The van der Waals surface area contributed by atoms with Crippen molar-refractivity contribution in [1.82, 2.24) is 9.97 Å². The molecule has 1 atom stereocenters. The number of nitrogens with one attached hydrogen (secondary N) is 2. The van der Waals surface area contributed by atoms with Crippen molar-refractivity contribution in [3.63, 3.8) is 0 Å². The first kappa shape index (κ1) is 13.9. The number of thioether (sulfide) groups is 1. The minimum absolute atomic E-state index is 0.0911. The fourth-order valence-electron chi connectivity index (χ4n) is 2.39. The Kier molecular flexibility index (Phi) is 3.78. The number of anilines is 1. The first-order valence-electron chi connectivity index (χ1n) is 6.62. The van der Waals surface area contributed by atoms with E-state index in [1.165, 1.54) is 12.4 Å². The van der Waals surface area contributed by atoms with E-state index in [0.717, 1.165) is 17.9 Å². The van der Waals surface area contributed by atoms with E-state index in [1.807, 2.05) is 11.8 Å². The predicted molar refractivity (Wildman–Crippen MR) is 82.9 cm³/mol. The Hall–Kier alpha value is -2.09. The fourth-order valence-corrected chi connectivity index (χ4v) is 3.68. The lowest BCUT2D eigenvalue weighted by Gasteiger charge is -2.12. The number of benzene rings is 1. The summed E-state index contributed by atoms with van der Waals surface area (Å²) in [6.07, 6.45) is 2.42. The molecular weight excluding hydrogens is 292 g/mol. The molecule has 2 N–H and O–H groups in total. The van der Waals surface area contributed by atoms with Gasteiger partial charge >= 0.3 is 0 Å². The number of aromatic nitrogens is 2. The summed E-state index contributed by atoms with van der Waals surface area (Å²) in [6, 6.07) is 2.86. The van der Waals surface area contributed by atoms with Crippen LogP contribution < -0.4 is 10.9 Å². The van der Waals surface area contributed by atoms with E-state index in [2.05, 4.69) is 15.3 Å². The molecule has 1 saturated heterocycles. The summed E-state index contributed by atoms with van der Waals surface area (Å²) in [5.41, 5.74) is 0.406. The van der Waals surface area contributed by atoms with Crippen molar-refractivity contribution < 1.29 is 4.92 Å². The van der Waals surface area contributed by atoms with Gasteiger partial charge in [-0.1, -0.05) is 0 Å². The highest BCUT2D eigenvalue weighted by atomic mass is 32.2. The van der Waals surface area contributed by atoms with Gasteiger partial charge in [0.05, 0.1) is 22.2 Å². The zero-order valence-corrected chi connectivity index (χ0v) is 12.0. The molecule has 7 nitrogen and oxygen atoms in total. The van der Waals surface area contributed by atoms with Gasteiger partial charge < -0.3 is 10.3 Å². The van der Waals surface area contributed by atoms with Crippen LogP contribution in [0.15, 0.2) is 23.3 Å². The molecule has 0 saturated carbocycles. The number of nitrogens with zero attached hydrogens (tertiary/aromatic N) is 2. The lowest BCUT2D eigenvalue weighted by molar-refractivity contribution is -0.383. The first-order valence-corrected chi connectivity index (χ1v) is 7.78. The fraction of sp³-hybridized carbons (Fsp3) is 0.385. The van der Waals surface area contributed by atoms with Gasteiger partial charge in [0, 0.05) is 12.6 Å². The smallest absolute Gasteiger partial charge is 0.293 e. The van der Waals surface area contributed by atoms with Crippen molar-refractivity contribution in [2.75, 3.05) is 23.4 Å². The number of rotatable bonds is 4. The van der Waals surface area contributed by atoms with Gasteiger partial charge in [0.2, 0.25) is 0 Å². The second kappa shape index (κ2) is 5.72. The van der Waals surface area contributed by atoms with E-state index in [-0.39, 0.29) is 16.6 Å². The van der Waals surface area contributed by atoms with Crippen LogP contribution in [0.5, 0.6) is 0 Å². The molecule has 0 spiro atoms. The first-order chi connectivity index (χ1) is 10.1. The molecule has 1 aliphatic rings. The summed E-state index contributed by atoms with van der Waals surface area (Å²) in [7, 11) is 0. The molecule has 2 aromatic rings. The molecular formula is C13H14N4O3S. The van der Waals surface area contributed by atoms with Gasteiger partial charge in [0.1, 0.15) is 5.69 Å². The number of hydrogen-bond acceptors (Lipinski definition) is 6. The van der Waals surface area contributed by atoms with Gasteiger partial charge in [0.15, 0.2) is 0 Å². The van der Waals surface area contributed by atoms with Crippen LogP contribution in [-0.4, -0.2) is 32.9 Å². The van der Waals surface area contributed by atoms with E-state index < -0.39 is 4.92 Å². The summed E-state index contributed by atoms with van der Waals surface area (Å²) in [5, 5.41) is 14.6. The Morgan fingerprint density at radius 1 is 1.52 bits per heavy atom. The molecule has 0 amide bonds. The van der Waals surface area contributed by atoms with E-state index in [9.17, 15) is 14.9 Å². The maximum atomic E-state index is 11.7. The number of nitro groups is 1. The van der Waals surface area contributed by atoms with Crippen LogP contribution in [0.1, 0.15) is 6.42 Å². The molecule has 1 aliphatic heterocycles. The summed E-state index contributed by atoms with van der Waals surface area (Å²) in [4.78, 5) is 28.9. The summed E-state index contributed by atoms with van der Waals surface area (Å²) < 4.78 is 0. The molecule has 110 valence electrons. The molecule has 1 unspecified atom stereocenters.